The van der Waals surface area contributed by atoms with Crippen LogP contribution in [0.2, 0.25) is 0 Å². The summed E-state index contributed by atoms with van der Waals surface area (Å²) in [6.45, 7) is 10.1. The molecule has 0 spiro atoms. The smallest absolute Gasteiger partial charge is 0.261 e. The molecule has 27 heavy (non-hydrogen) atoms. The highest BCUT2D eigenvalue weighted by atomic mass is 16.5. The molecule has 0 unspecified atom stereocenters. The number of hydrogen-bond donors (Lipinski definition) is 1. The lowest BCUT2D eigenvalue weighted by Crippen LogP contribution is -2.40. The molecule has 0 aliphatic rings. The number of methoxy groups -OCH3 is 1. The summed E-state index contributed by atoms with van der Waals surface area (Å²) in [6, 6.07) is 12.0. The lowest BCUT2D eigenvalue weighted by atomic mass is 10.0. The Bertz CT molecular complexity index is 785. The predicted molar refractivity (Wildman–Crippen MR) is 110 cm³/mol. The van der Waals surface area contributed by atoms with Gasteiger partial charge in [0.2, 0.25) is 0 Å². The van der Waals surface area contributed by atoms with Crippen LogP contribution in [-0.4, -0.2) is 19.1 Å². The van der Waals surface area contributed by atoms with Crippen LogP contribution in [0.5, 0.6) is 11.5 Å². The Balaban J connectivity index is 2.12. The summed E-state index contributed by atoms with van der Waals surface area (Å²) in [5, 5.41) is 3.15. The first-order valence-corrected chi connectivity index (χ1v) is 9.58. The Hall–Kier alpha value is -2.49. The third-order valence-electron chi connectivity index (χ3n) is 4.81. The molecule has 2 atom stereocenters. The van der Waals surface area contributed by atoms with E-state index < -0.39 is 6.10 Å². The fourth-order valence-corrected chi connectivity index (χ4v) is 3.21. The zero-order valence-corrected chi connectivity index (χ0v) is 17.3. The molecule has 0 fully saturated rings. The van der Waals surface area contributed by atoms with Crippen LogP contribution in [0.25, 0.3) is 0 Å². The average Bonchev–Trinajstić information content (AvgIpc) is 2.65. The molecule has 0 aliphatic heterocycles. The molecule has 1 amide bonds. The fourth-order valence-electron chi connectivity index (χ4n) is 3.21. The first kappa shape index (κ1) is 20.8. The summed E-state index contributed by atoms with van der Waals surface area (Å²) in [7, 11) is 1.66. The number of carbonyl (C=O) groups excluding carboxylic acids is 1. The molecule has 4 nitrogen and oxygen atoms in total. The molecule has 1 N–H and O–H groups in total. The highest BCUT2D eigenvalue weighted by Crippen LogP contribution is 2.25. The second-order valence-electron chi connectivity index (χ2n) is 6.98. The minimum absolute atomic E-state index is 0.0566. The number of ether oxygens (including phenoxy) is 2. The SMILES string of the molecule is CC[C@H](NC(=O)[C@@H](CC)Oc1ccc(C)cc1C)c1ccc(OC)c(C)c1. The second kappa shape index (κ2) is 9.45. The summed E-state index contributed by atoms with van der Waals surface area (Å²) in [6.07, 6.45) is 0.897. The summed E-state index contributed by atoms with van der Waals surface area (Å²) in [5.74, 6) is 1.53. The van der Waals surface area contributed by atoms with Gasteiger partial charge in [0.1, 0.15) is 11.5 Å². The van der Waals surface area contributed by atoms with Crippen molar-refractivity contribution >= 4 is 5.91 Å². The lowest BCUT2D eigenvalue weighted by Gasteiger charge is -2.23. The zero-order chi connectivity index (χ0) is 20.0. The third-order valence-corrected chi connectivity index (χ3v) is 4.81. The van der Waals surface area contributed by atoms with Crippen LogP contribution < -0.4 is 14.8 Å². The molecule has 0 saturated carbocycles. The van der Waals surface area contributed by atoms with E-state index in [9.17, 15) is 4.79 Å². The van der Waals surface area contributed by atoms with Gasteiger partial charge >= 0.3 is 0 Å². The molecule has 0 saturated heterocycles. The number of benzene rings is 2. The Morgan fingerprint density at radius 2 is 1.63 bits per heavy atom. The van der Waals surface area contributed by atoms with E-state index in [0.717, 1.165) is 34.6 Å². The normalized spacial score (nSPS) is 13.0. The standard InChI is InChI=1S/C23H31NO3/c1-7-19(18-10-12-21(26-6)17(5)14-18)24-23(25)20(8-2)27-22-11-9-15(3)13-16(22)4/h9-14,19-20H,7-8H2,1-6H3,(H,24,25)/t19-,20+/m0/s1. The van der Waals surface area contributed by atoms with E-state index in [0.29, 0.717) is 6.42 Å². The van der Waals surface area contributed by atoms with E-state index in [1.165, 1.54) is 5.56 Å². The minimum atomic E-state index is -0.514. The van der Waals surface area contributed by atoms with Crippen molar-refractivity contribution in [3.8, 4) is 11.5 Å². The van der Waals surface area contributed by atoms with Gasteiger partial charge in [-0.2, -0.15) is 0 Å². The molecular formula is C23H31NO3. The largest absolute Gasteiger partial charge is 0.496 e. The number of aryl methyl sites for hydroxylation is 3. The van der Waals surface area contributed by atoms with Crippen molar-refractivity contribution in [3.63, 3.8) is 0 Å². The maximum atomic E-state index is 12.8. The van der Waals surface area contributed by atoms with Crippen molar-refractivity contribution in [1.82, 2.24) is 5.32 Å². The maximum absolute atomic E-state index is 12.8. The quantitative estimate of drug-likeness (QED) is 0.709. The average molecular weight is 370 g/mol. The van der Waals surface area contributed by atoms with Crippen LogP contribution in [-0.2, 0) is 4.79 Å². The van der Waals surface area contributed by atoms with Crippen LogP contribution in [0, 0.1) is 20.8 Å². The predicted octanol–water partition coefficient (Wildman–Crippen LogP) is 5.05. The molecular weight excluding hydrogens is 338 g/mol. The van der Waals surface area contributed by atoms with Crippen molar-refractivity contribution in [1.29, 1.82) is 0 Å². The van der Waals surface area contributed by atoms with Crippen molar-refractivity contribution in [2.24, 2.45) is 0 Å². The van der Waals surface area contributed by atoms with Gasteiger partial charge in [0.15, 0.2) is 6.10 Å². The van der Waals surface area contributed by atoms with Gasteiger partial charge in [-0.05, 0) is 62.4 Å². The van der Waals surface area contributed by atoms with Crippen LogP contribution in [0.1, 0.15) is 55.0 Å². The number of amides is 1. The van der Waals surface area contributed by atoms with Crippen molar-refractivity contribution in [2.45, 2.75) is 59.6 Å². The van der Waals surface area contributed by atoms with Crippen LogP contribution in [0.15, 0.2) is 36.4 Å². The van der Waals surface area contributed by atoms with Gasteiger partial charge in [-0.25, -0.2) is 0 Å². The molecule has 0 aliphatic carbocycles. The third kappa shape index (κ3) is 5.25. The van der Waals surface area contributed by atoms with Gasteiger partial charge in [-0.3, -0.25) is 4.79 Å². The zero-order valence-electron chi connectivity index (χ0n) is 17.3. The second-order valence-corrected chi connectivity index (χ2v) is 6.98. The lowest BCUT2D eigenvalue weighted by molar-refractivity contribution is -0.129. The highest BCUT2D eigenvalue weighted by Gasteiger charge is 2.22. The maximum Gasteiger partial charge on any atom is 0.261 e. The highest BCUT2D eigenvalue weighted by molar-refractivity contribution is 5.81. The molecule has 0 radical (unpaired) electrons. The van der Waals surface area contributed by atoms with Gasteiger partial charge in [0, 0.05) is 0 Å². The van der Waals surface area contributed by atoms with E-state index in [1.54, 1.807) is 7.11 Å². The molecule has 2 rings (SSSR count). The van der Waals surface area contributed by atoms with Crippen molar-refractivity contribution in [3.05, 3.63) is 58.7 Å². The number of hydrogen-bond acceptors (Lipinski definition) is 3. The molecule has 146 valence electrons. The Morgan fingerprint density at radius 1 is 0.963 bits per heavy atom. The topological polar surface area (TPSA) is 47.6 Å². The fraction of sp³-hybridized carbons (Fsp3) is 0.435. The molecule has 0 bridgehead atoms. The first-order valence-electron chi connectivity index (χ1n) is 9.58. The van der Waals surface area contributed by atoms with Gasteiger partial charge in [0.25, 0.3) is 5.91 Å². The molecule has 0 aromatic heterocycles. The van der Waals surface area contributed by atoms with Gasteiger partial charge in [-0.1, -0.05) is 43.7 Å². The van der Waals surface area contributed by atoms with Crippen LogP contribution in [0.4, 0.5) is 0 Å². The Labute approximate surface area is 162 Å². The molecule has 2 aromatic carbocycles. The first-order chi connectivity index (χ1) is 12.9. The van der Waals surface area contributed by atoms with Crippen molar-refractivity contribution < 1.29 is 14.3 Å². The van der Waals surface area contributed by atoms with Gasteiger partial charge in [0.05, 0.1) is 13.2 Å². The van der Waals surface area contributed by atoms with E-state index in [2.05, 4.69) is 24.4 Å². The number of rotatable bonds is 8. The summed E-state index contributed by atoms with van der Waals surface area (Å²) in [4.78, 5) is 12.8. The minimum Gasteiger partial charge on any atom is -0.496 e. The molecule has 4 heteroatoms. The van der Waals surface area contributed by atoms with Gasteiger partial charge in [-0.15, -0.1) is 0 Å². The van der Waals surface area contributed by atoms with E-state index in [4.69, 9.17) is 9.47 Å². The summed E-state index contributed by atoms with van der Waals surface area (Å²) >= 11 is 0. The molecule has 2 aromatic rings. The summed E-state index contributed by atoms with van der Waals surface area (Å²) < 4.78 is 11.3. The molecule has 0 heterocycles. The van der Waals surface area contributed by atoms with Gasteiger partial charge < -0.3 is 14.8 Å². The Kier molecular flexibility index (Phi) is 7.28. The van der Waals surface area contributed by atoms with E-state index in [1.807, 2.05) is 52.0 Å². The van der Waals surface area contributed by atoms with Crippen LogP contribution >= 0.6 is 0 Å². The van der Waals surface area contributed by atoms with E-state index >= 15 is 0 Å². The van der Waals surface area contributed by atoms with Crippen LogP contribution in [0.3, 0.4) is 0 Å². The van der Waals surface area contributed by atoms with Crippen molar-refractivity contribution in [2.75, 3.05) is 7.11 Å². The monoisotopic (exact) mass is 369 g/mol. The Morgan fingerprint density at radius 3 is 2.19 bits per heavy atom. The summed E-state index contributed by atoms with van der Waals surface area (Å²) in [5.41, 5.74) is 4.35. The number of nitrogens with one attached hydrogen (secondary N) is 1. The number of carbonyl (C=O) groups is 1. The van der Waals surface area contributed by atoms with E-state index in [-0.39, 0.29) is 11.9 Å².